The molecule has 0 aliphatic heterocycles. The number of nitrogens with one attached hydrogen (secondary N) is 2. The molecule has 0 aliphatic carbocycles. The molecule has 0 heterocycles. The van der Waals surface area contributed by atoms with E-state index in [1.54, 1.807) is 0 Å². The summed E-state index contributed by atoms with van der Waals surface area (Å²) in [5.74, 6) is 0.154. The summed E-state index contributed by atoms with van der Waals surface area (Å²) in [6.45, 7) is 12.0. The molecule has 0 fully saturated rings. The van der Waals surface area contributed by atoms with Gasteiger partial charge in [0, 0.05) is 12.6 Å². The van der Waals surface area contributed by atoms with Crippen LogP contribution in [0.5, 0.6) is 0 Å². The van der Waals surface area contributed by atoms with Crippen molar-refractivity contribution in [1.29, 1.82) is 0 Å². The molecule has 0 spiro atoms. The molecule has 0 rings (SSSR count). The Kier molecular flexibility index (Phi) is 9.09. The molecule has 0 aromatic heterocycles. The minimum atomic E-state index is -0.525. The van der Waals surface area contributed by atoms with Crippen molar-refractivity contribution in [3.63, 3.8) is 0 Å². The van der Waals surface area contributed by atoms with Crippen LogP contribution in [-0.4, -0.2) is 43.4 Å². The molecule has 130 valence electrons. The average molecular weight is 316 g/mol. The van der Waals surface area contributed by atoms with Crippen molar-refractivity contribution in [3.05, 3.63) is 0 Å². The third-order valence-electron chi connectivity index (χ3n) is 2.98. The number of hydrogen-bond acceptors (Lipinski definition) is 5. The number of carbonyl (C=O) groups excluding carboxylic acids is 2. The number of carbonyl (C=O) groups is 2. The van der Waals surface area contributed by atoms with Crippen LogP contribution >= 0.6 is 0 Å². The van der Waals surface area contributed by atoms with Crippen LogP contribution in [0.1, 0.15) is 54.4 Å². The van der Waals surface area contributed by atoms with Gasteiger partial charge in [0.05, 0.1) is 7.11 Å². The van der Waals surface area contributed by atoms with Gasteiger partial charge in [0.1, 0.15) is 11.6 Å². The highest BCUT2D eigenvalue weighted by Gasteiger charge is 2.23. The molecular weight excluding hydrogens is 284 g/mol. The van der Waals surface area contributed by atoms with Gasteiger partial charge in [-0.25, -0.2) is 4.79 Å². The number of amides is 1. The molecule has 0 saturated heterocycles. The van der Waals surface area contributed by atoms with E-state index in [0.717, 1.165) is 6.42 Å². The molecule has 2 unspecified atom stereocenters. The largest absolute Gasteiger partial charge is 0.468 e. The molecule has 22 heavy (non-hydrogen) atoms. The molecule has 2 atom stereocenters. The van der Waals surface area contributed by atoms with Crippen LogP contribution in [0.4, 0.5) is 4.79 Å². The molecule has 6 heteroatoms. The summed E-state index contributed by atoms with van der Waals surface area (Å²) >= 11 is 0. The number of esters is 1. The van der Waals surface area contributed by atoms with E-state index in [1.165, 1.54) is 7.11 Å². The lowest BCUT2D eigenvalue weighted by Crippen LogP contribution is -2.49. The Bertz CT molecular complexity index is 351. The van der Waals surface area contributed by atoms with E-state index in [4.69, 9.17) is 9.47 Å². The highest BCUT2D eigenvalue weighted by Crippen LogP contribution is 2.09. The lowest BCUT2D eigenvalue weighted by Gasteiger charge is -2.26. The van der Waals surface area contributed by atoms with Gasteiger partial charge in [-0.1, -0.05) is 20.8 Å². The molecule has 0 radical (unpaired) electrons. The van der Waals surface area contributed by atoms with E-state index in [0.29, 0.717) is 18.9 Å². The molecule has 0 saturated carbocycles. The van der Waals surface area contributed by atoms with Crippen LogP contribution in [0.15, 0.2) is 0 Å². The van der Waals surface area contributed by atoms with Crippen molar-refractivity contribution in [1.82, 2.24) is 10.6 Å². The molecule has 0 aromatic carbocycles. The maximum Gasteiger partial charge on any atom is 0.407 e. The van der Waals surface area contributed by atoms with Crippen LogP contribution in [-0.2, 0) is 14.3 Å². The lowest BCUT2D eigenvalue weighted by molar-refractivity contribution is -0.143. The smallest absolute Gasteiger partial charge is 0.407 e. The third kappa shape index (κ3) is 9.60. The van der Waals surface area contributed by atoms with E-state index in [-0.39, 0.29) is 18.1 Å². The first-order valence-corrected chi connectivity index (χ1v) is 7.89. The molecule has 6 nitrogen and oxygen atoms in total. The Morgan fingerprint density at radius 3 is 2.18 bits per heavy atom. The number of alkyl carbamates (subject to hydrolysis) is 1. The zero-order chi connectivity index (χ0) is 17.3. The average Bonchev–Trinajstić information content (AvgIpc) is 2.38. The van der Waals surface area contributed by atoms with Crippen molar-refractivity contribution in [3.8, 4) is 0 Å². The van der Waals surface area contributed by atoms with E-state index >= 15 is 0 Å². The third-order valence-corrected chi connectivity index (χ3v) is 2.98. The summed E-state index contributed by atoms with van der Waals surface area (Å²) in [6.07, 6.45) is 1.02. The summed E-state index contributed by atoms with van der Waals surface area (Å²) in [5, 5.41) is 6.01. The molecule has 0 aromatic rings. The molecular formula is C16H32N2O4. The molecule has 1 amide bonds. The van der Waals surface area contributed by atoms with E-state index in [9.17, 15) is 9.59 Å². The van der Waals surface area contributed by atoms with Gasteiger partial charge in [-0.2, -0.15) is 0 Å². The lowest BCUT2D eigenvalue weighted by atomic mass is 10.0. The van der Waals surface area contributed by atoms with Gasteiger partial charge < -0.3 is 14.8 Å². The monoisotopic (exact) mass is 316 g/mol. The van der Waals surface area contributed by atoms with Gasteiger partial charge in [-0.3, -0.25) is 10.1 Å². The number of methoxy groups -OCH3 is 1. The second-order valence-corrected chi connectivity index (χ2v) is 6.86. The van der Waals surface area contributed by atoms with Crippen LogP contribution in [0.2, 0.25) is 0 Å². The second-order valence-electron chi connectivity index (χ2n) is 6.86. The van der Waals surface area contributed by atoms with Crippen molar-refractivity contribution >= 4 is 12.1 Å². The Morgan fingerprint density at radius 1 is 1.18 bits per heavy atom. The van der Waals surface area contributed by atoms with Crippen LogP contribution in [0.3, 0.4) is 0 Å². The standard InChI is InChI=1S/C16H32N2O4/c1-8-13(14(19)21-7)18-12(9-11(2)3)10-17-15(20)22-16(4,5)6/h11-13,18H,8-10H2,1-7H3,(H,17,20). The van der Waals surface area contributed by atoms with Crippen molar-refractivity contribution in [2.24, 2.45) is 5.92 Å². The van der Waals surface area contributed by atoms with Crippen LogP contribution in [0.25, 0.3) is 0 Å². The van der Waals surface area contributed by atoms with E-state index < -0.39 is 11.7 Å². The Labute approximate surface area is 134 Å². The zero-order valence-corrected chi connectivity index (χ0v) is 15.0. The predicted octanol–water partition coefficient (Wildman–Crippen LogP) is 2.47. The summed E-state index contributed by atoms with van der Waals surface area (Å²) < 4.78 is 10.0. The van der Waals surface area contributed by atoms with E-state index in [2.05, 4.69) is 24.5 Å². The van der Waals surface area contributed by atoms with Gasteiger partial charge in [-0.05, 0) is 39.5 Å². The van der Waals surface area contributed by atoms with Crippen molar-refractivity contribution < 1.29 is 19.1 Å². The fraction of sp³-hybridized carbons (Fsp3) is 0.875. The molecule has 0 aliphatic rings. The van der Waals surface area contributed by atoms with Gasteiger partial charge in [0.25, 0.3) is 0 Å². The Balaban J connectivity index is 4.57. The Morgan fingerprint density at radius 2 is 1.77 bits per heavy atom. The Hall–Kier alpha value is -1.30. The first-order valence-electron chi connectivity index (χ1n) is 7.89. The predicted molar refractivity (Wildman–Crippen MR) is 86.7 cm³/mol. The number of hydrogen-bond donors (Lipinski definition) is 2. The highest BCUT2D eigenvalue weighted by molar-refractivity contribution is 5.75. The van der Waals surface area contributed by atoms with Crippen molar-refractivity contribution in [2.75, 3.05) is 13.7 Å². The number of ether oxygens (including phenoxy) is 2. The summed E-state index contributed by atoms with van der Waals surface area (Å²) in [4.78, 5) is 23.4. The fourth-order valence-corrected chi connectivity index (χ4v) is 2.08. The SMILES string of the molecule is CCC(NC(CNC(=O)OC(C)(C)C)CC(C)C)C(=O)OC. The summed E-state index contributed by atoms with van der Waals surface area (Å²) in [7, 11) is 1.38. The maximum absolute atomic E-state index is 11.7. The van der Waals surface area contributed by atoms with Gasteiger partial charge in [-0.15, -0.1) is 0 Å². The fourth-order valence-electron chi connectivity index (χ4n) is 2.08. The quantitative estimate of drug-likeness (QED) is 0.673. The van der Waals surface area contributed by atoms with E-state index in [1.807, 2.05) is 27.7 Å². The topological polar surface area (TPSA) is 76.7 Å². The summed E-state index contributed by atoms with van der Waals surface area (Å²) in [5.41, 5.74) is -0.525. The first-order chi connectivity index (χ1) is 10.1. The van der Waals surface area contributed by atoms with Gasteiger partial charge in [0.15, 0.2) is 0 Å². The molecule has 0 bridgehead atoms. The molecule has 2 N–H and O–H groups in total. The van der Waals surface area contributed by atoms with Crippen LogP contribution < -0.4 is 10.6 Å². The van der Waals surface area contributed by atoms with Crippen molar-refractivity contribution in [2.45, 2.75) is 72.1 Å². The zero-order valence-electron chi connectivity index (χ0n) is 15.0. The first kappa shape index (κ1) is 20.7. The maximum atomic E-state index is 11.7. The normalized spacial score (nSPS) is 14.4. The van der Waals surface area contributed by atoms with Gasteiger partial charge >= 0.3 is 12.1 Å². The minimum absolute atomic E-state index is 0.0171. The minimum Gasteiger partial charge on any atom is -0.468 e. The van der Waals surface area contributed by atoms with Gasteiger partial charge in [0.2, 0.25) is 0 Å². The second kappa shape index (κ2) is 9.66. The highest BCUT2D eigenvalue weighted by atomic mass is 16.6. The summed E-state index contributed by atoms with van der Waals surface area (Å²) in [6, 6.07) is -0.384. The van der Waals surface area contributed by atoms with Crippen LogP contribution in [0, 0.1) is 5.92 Å². The number of rotatable bonds is 8.